The molecule has 0 aliphatic heterocycles. The highest BCUT2D eigenvalue weighted by Gasteiger charge is 2.21. The number of carbonyl (C=O) groups is 1. The van der Waals surface area contributed by atoms with Gasteiger partial charge in [-0.3, -0.25) is 14.6 Å². The van der Waals surface area contributed by atoms with Gasteiger partial charge in [0.25, 0.3) is 5.56 Å². The number of H-pyrrole nitrogens is 1. The lowest BCUT2D eigenvalue weighted by molar-refractivity contribution is -0.121. The molecule has 0 aliphatic rings. The van der Waals surface area contributed by atoms with Crippen LogP contribution >= 0.6 is 0 Å². The molecular weight excluding hydrogens is 392 g/mol. The number of hydrogen-bond acceptors (Lipinski definition) is 5. The van der Waals surface area contributed by atoms with Crippen LogP contribution in [0.15, 0.2) is 47.5 Å². The van der Waals surface area contributed by atoms with Gasteiger partial charge in [0.15, 0.2) is 0 Å². The zero-order valence-electron chi connectivity index (χ0n) is 17.9. The number of rotatable bonds is 5. The van der Waals surface area contributed by atoms with E-state index < -0.39 is 0 Å². The van der Waals surface area contributed by atoms with E-state index in [0.717, 1.165) is 22.3 Å². The van der Waals surface area contributed by atoms with E-state index in [4.69, 9.17) is 0 Å². The molecule has 8 heteroatoms. The van der Waals surface area contributed by atoms with E-state index in [2.05, 4.69) is 31.5 Å². The Balaban J connectivity index is 1.69. The highest BCUT2D eigenvalue weighted by molar-refractivity contribution is 5.79. The van der Waals surface area contributed by atoms with Gasteiger partial charge < -0.3 is 5.32 Å². The molecule has 31 heavy (non-hydrogen) atoms. The number of fused-ring (bicyclic) bond motifs is 1. The highest BCUT2D eigenvalue weighted by Crippen LogP contribution is 2.26. The Morgan fingerprint density at radius 1 is 1.13 bits per heavy atom. The summed E-state index contributed by atoms with van der Waals surface area (Å²) in [6.07, 6.45) is 3.34. The normalized spacial score (nSPS) is 12.1. The molecule has 0 spiro atoms. The Kier molecular flexibility index (Phi) is 5.37. The molecule has 1 amide bonds. The van der Waals surface area contributed by atoms with Crippen LogP contribution in [-0.4, -0.2) is 30.5 Å². The van der Waals surface area contributed by atoms with Crippen molar-refractivity contribution >= 4 is 11.7 Å². The molecule has 158 valence electrons. The van der Waals surface area contributed by atoms with Gasteiger partial charge in [-0.1, -0.05) is 23.8 Å². The van der Waals surface area contributed by atoms with E-state index >= 15 is 0 Å². The minimum Gasteiger partial charge on any atom is -0.345 e. The Bertz CT molecular complexity index is 1320. The van der Waals surface area contributed by atoms with Gasteiger partial charge in [-0.05, 0) is 56.5 Å². The first kappa shape index (κ1) is 20.5. The van der Waals surface area contributed by atoms with Gasteiger partial charge in [-0.15, -0.1) is 0 Å². The summed E-state index contributed by atoms with van der Waals surface area (Å²) in [5.41, 5.74) is 4.69. The molecule has 0 aliphatic carbocycles. The van der Waals surface area contributed by atoms with Crippen molar-refractivity contribution in [1.29, 1.82) is 0 Å². The molecule has 3 heterocycles. The maximum atomic E-state index is 13.1. The third kappa shape index (κ3) is 3.96. The number of hydrogen-bond donors (Lipinski definition) is 2. The van der Waals surface area contributed by atoms with Crippen molar-refractivity contribution in [1.82, 2.24) is 29.9 Å². The molecule has 0 radical (unpaired) electrons. The van der Waals surface area contributed by atoms with Crippen molar-refractivity contribution in [3.8, 4) is 0 Å². The molecule has 2 N–H and O–H groups in total. The number of nitrogens with one attached hydrogen (secondary N) is 2. The minimum atomic E-state index is -0.356. The number of aromatic amines is 1. The smallest absolute Gasteiger partial charge is 0.264 e. The van der Waals surface area contributed by atoms with Gasteiger partial charge in [-0.2, -0.15) is 5.10 Å². The second-order valence-electron chi connectivity index (χ2n) is 7.73. The van der Waals surface area contributed by atoms with Crippen molar-refractivity contribution in [2.24, 2.45) is 0 Å². The predicted octanol–water partition coefficient (Wildman–Crippen LogP) is 2.49. The minimum absolute atomic E-state index is 0.0718. The van der Waals surface area contributed by atoms with Crippen LogP contribution in [0.25, 0.3) is 5.78 Å². The first-order chi connectivity index (χ1) is 14.8. The number of nitrogens with zero attached hydrogens (tertiary/aromatic N) is 4. The van der Waals surface area contributed by atoms with Gasteiger partial charge in [0.05, 0.1) is 18.2 Å². The lowest BCUT2D eigenvalue weighted by Crippen LogP contribution is -2.34. The molecule has 1 atom stereocenters. The lowest BCUT2D eigenvalue weighted by atomic mass is 9.94. The Hall–Kier alpha value is -3.81. The first-order valence-electron chi connectivity index (χ1n) is 10.0. The Morgan fingerprint density at radius 2 is 1.87 bits per heavy atom. The fraction of sp³-hybridized carbons (Fsp3) is 0.261. The maximum Gasteiger partial charge on any atom is 0.264 e. The van der Waals surface area contributed by atoms with Crippen molar-refractivity contribution in [2.45, 2.75) is 40.2 Å². The van der Waals surface area contributed by atoms with Crippen molar-refractivity contribution in [3.63, 3.8) is 0 Å². The third-order valence-electron chi connectivity index (χ3n) is 5.45. The second kappa shape index (κ2) is 8.14. The average molecular weight is 416 g/mol. The average Bonchev–Trinajstić information content (AvgIpc) is 3.12. The van der Waals surface area contributed by atoms with Crippen LogP contribution in [0.5, 0.6) is 0 Å². The molecule has 4 aromatic rings. The number of carbonyl (C=O) groups excluding carboxylic acids is 1. The first-order valence-corrected chi connectivity index (χ1v) is 10.0. The molecule has 1 aromatic carbocycles. The standard InChI is InChI=1S/C23H24N6O2/c1-13-5-6-14(2)18(11-13)21(17-7-9-24-10-8-17)26-20(30)12-19-15(3)25-23-28-27-16(4)29(23)22(19)31/h5-11,21H,12H2,1-4H3,(H,25,28)(H,26,30). The Labute approximate surface area is 179 Å². The summed E-state index contributed by atoms with van der Waals surface area (Å²) in [5, 5.41) is 9.88. The van der Waals surface area contributed by atoms with Crippen LogP contribution < -0.4 is 10.9 Å². The fourth-order valence-corrected chi connectivity index (χ4v) is 3.76. The molecular formula is C23H24N6O2. The largest absolute Gasteiger partial charge is 0.345 e. The van der Waals surface area contributed by atoms with Gasteiger partial charge >= 0.3 is 0 Å². The highest BCUT2D eigenvalue weighted by atomic mass is 16.2. The predicted molar refractivity (Wildman–Crippen MR) is 117 cm³/mol. The number of aromatic nitrogens is 5. The van der Waals surface area contributed by atoms with Crippen LogP contribution in [0.3, 0.4) is 0 Å². The third-order valence-corrected chi connectivity index (χ3v) is 5.45. The zero-order valence-corrected chi connectivity index (χ0v) is 17.9. The van der Waals surface area contributed by atoms with Crippen LogP contribution in [0.4, 0.5) is 0 Å². The summed E-state index contributed by atoms with van der Waals surface area (Å²) in [5.74, 6) is 0.610. The number of aryl methyl sites for hydroxylation is 4. The molecule has 0 saturated carbocycles. The van der Waals surface area contributed by atoms with Gasteiger partial charge in [0, 0.05) is 18.0 Å². The summed E-state index contributed by atoms with van der Waals surface area (Å²) in [6.45, 7) is 7.48. The van der Waals surface area contributed by atoms with Crippen molar-refractivity contribution < 1.29 is 4.79 Å². The quantitative estimate of drug-likeness (QED) is 0.520. The molecule has 3 aromatic heterocycles. The van der Waals surface area contributed by atoms with E-state index in [0.29, 0.717) is 22.9 Å². The molecule has 4 rings (SSSR count). The molecule has 0 fully saturated rings. The van der Waals surface area contributed by atoms with E-state index in [9.17, 15) is 9.59 Å². The van der Waals surface area contributed by atoms with Gasteiger partial charge in [0.2, 0.25) is 11.7 Å². The van der Waals surface area contributed by atoms with Gasteiger partial charge in [0.1, 0.15) is 5.82 Å². The number of pyridine rings is 1. The summed E-state index contributed by atoms with van der Waals surface area (Å²) < 4.78 is 1.39. The van der Waals surface area contributed by atoms with E-state index in [-0.39, 0.29) is 23.9 Å². The summed E-state index contributed by atoms with van der Waals surface area (Å²) >= 11 is 0. The molecule has 0 bridgehead atoms. The Morgan fingerprint density at radius 3 is 2.61 bits per heavy atom. The second-order valence-corrected chi connectivity index (χ2v) is 7.73. The van der Waals surface area contributed by atoms with E-state index in [1.54, 1.807) is 26.2 Å². The molecule has 8 nitrogen and oxygen atoms in total. The summed E-state index contributed by atoms with van der Waals surface area (Å²) in [6, 6.07) is 9.57. The van der Waals surface area contributed by atoms with E-state index in [1.165, 1.54) is 4.40 Å². The van der Waals surface area contributed by atoms with Crippen molar-refractivity contribution in [2.75, 3.05) is 0 Å². The van der Waals surface area contributed by atoms with Crippen LogP contribution in [0.1, 0.15) is 45.4 Å². The fourth-order valence-electron chi connectivity index (χ4n) is 3.76. The van der Waals surface area contributed by atoms with Crippen LogP contribution in [0.2, 0.25) is 0 Å². The maximum absolute atomic E-state index is 13.1. The number of amides is 1. The van der Waals surface area contributed by atoms with Crippen molar-refractivity contribution in [3.05, 3.63) is 92.4 Å². The topological polar surface area (TPSA) is 105 Å². The molecule has 1 unspecified atom stereocenters. The number of benzene rings is 1. The lowest BCUT2D eigenvalue weighted by Gasteiger charge is -2.22. The monoisotopic (exact) mass is 416 g/mol. The molecule has 0 saturated heterocycles. The van der Waals surface area contributed by atoms with E-state index in [1.807, 2.05) is 38.1 Å². The van der Waals surface area contributed by atoms with Crippen LogP contribution in [0, 0.1) is 27.7 Å². The summed E-state index contributed by atoms with van der Waals surface area (Å²) in [7, 11) is 0. The summed E-state index contributed by atoms with van der Waals surface area (Å²) in [4.78, 5) is 34.5. The van der Waals surface area contributed by atoms with Crippen LogP contribution in [-0.2, 0) is 11.2 Å². The SMILES string of the molecule is Cc1ccc(C)c(C(NC(=O)Cc2c(C)nc3[nH]nc(C)n3c2=O)c2ccncc2)c1. The zero-order chi connectivity index (χ0) is 22.1. The van der Waals surface area contributed by atoms with Gasteiger partial charge in [-0.25, -0.2) is 14.5 Å².